The highest BCUT2D eigenvalue weighted by atomic mass is 16.5. The molecular formula is C8H9NO4. The highest BCUT2D eigenvalue weighted by molar-refractivity contribution is 6.02. The molecule has 0 aromatic heterocycles. The van der Waals surface area contributed by atoms with Crippen molar-refractivity contribution in [2.45, 2.75) is 6.04 Å². The lowest BCUT2D eigenvalue weighted by Gasteiger charge is -2.51. The number of ether oxygens (including phenoxy) is 1. The van der Waals surface area contributed by atoms with E-state index in [-0.39, 0.29) is 24.6 Å². The molecule has 2 unspecified atom stereocenters. The van der Waals surface area contributed by atoms with E-state index in [9.17, 15) is 9.59 Å². The summed E-state index contributed by atoms with van der Waals surface area (Å²) in [6.07, 6.45) is 1.59. The molecule has 2 aliphatic rings. The molecule has 0 saturated carbocycles. The van der Waals surface area contributed by atoms with E-state index < -0.39 is 5.97 Å². The summed E-state index contributed by atoms with van der Waals surface area (Å²) in [7, 11) is 1.29. The average Bonchev–Trinajstić information content (AvgIpc) is 2.11. The SMILES string of the molecule is COC(=O)C1=CC2C(=O)N(CO)C12. The summed E-state index contributed by atoms with van der Waals surface area (Å²) in [5, 5.41) is 8.78. The Morgan fingerprint density at radius 1 is 1.77 bits per heavy atom. The summed E-state index contributed by atoms with van der Waals surface area (Å²) in [4.78, 5) is 23.4. The summed E-state index contributed by atoms with van der Waals surface area (Å²) >= 11 is 0. The summed E-state index contributed by atoms with van der Waals surface area (Å²) in [6, 6.07) is -0.245. The number of aliphatic hydroxyl groups excluding tert-OH is 1. The molecule has 1 saturated heterocycles. The zero-order valence-electron chi connectivity index (χ0n) is 7.06. The lowest BCUT2D eigenvalue weighted by Crippen LogP contribution is -2.66. The first-order chi connectivity index (χ1) is 6.20. The summed E-state index contributed by atoms with van der Waals surface area (Å²) in [5.74, 6) is -0.756. The number of likely N-dealkylation sites (tertiary alicyclic amines) is 1. The molecule has 5 nitrogen and oxygen atoms in total. The van der Waals surface area contributed by atoms with Gasteiger partial charge in [0.05, 0.1) is 24.6 Å². The smallest absolute Gasteiger partial charge is 0.335 e. The van der Waals surface area contributed by atoms with Gasteiger partial charge in [-0.05, 0) is 0 Å². The normalized spacial score (nSPS) is 29.8. The van der Waals surface area contributed by atoms with Gasteiger partial charge in [0.1, 0.15) is 6.73 Å². The van der Waals surface area contributed by atoms with Gasteiger partial charge < -0.3 is 14.7 Å². The van der Waals surface area contributed by atoms with E-state index in [0.29, 0.717) is 5.57 Å². The topological polar surface area (TPSA) is 66.8 Å². The van der Waals surface area contributed by atoms with E-state index in [1.807, 2.05) is 0 Å². The molecule has 2 rings (SSSR count). The van der Waals surface area contributed by atoms with Gasteiger partial charge in [-0.25, -0.2) is 4.79 Å². The maximum atomic E-state index is 11.1. The number of methoxy groups -OCH3 is 1. The van der Waals surface area contributed by atoms with Crippen molar-refractivity contribution in [2.24, 2.45) is 5.92 Å². The van der Waals surface area contributed by atoms with E-state index in [1.54, 1.807) is 6.08 Å². The molecule has 1 heterocycles. The quantitative estimate of drug-likeness (QED) is 0.435. The third-order valence-corrected chi connectivity index (χ3v) is 2.50. The zero-order chi connectivity index (χ0) is 9.59. The van der Waals surface area contributed by atoms with Crippen molar-refractivity contribution in [1.82, 2.24) is 4.90 Å². The maximum absolute atomic E-state index is 11.1. The number of amides is 1. The molecule has 1 aliphatic heterocycles. The molecule has 1 fully saturated rings. The summed E-state index contributed by atoms with van der Waals surface area (Å²) in [6.45, 7) is -0.339. The van der Waals surface area contributed by atoms with Gasteiger partial charge in [0, 0.05) is 0 Å². The molecule has 0 spiro atoms. The predicted molar refractivity (Wildman–Crippen MR) is 41.3 cm³/mol. The number of hydrogen-bond donors (Lipinski definition) is 1. The molecule has 1 aliphatic carbocycles. The van der Waals surface area contributed by atoms with Crippen LogP contribution in [0.15, 0.2) is 11.6 Å². The Balaban J connectivity index is 2.13. The number of carbonyl (C=O) groups is 2. The minimum Gasteiger partial charge on any atom is -0.466 e. The fraction of sp³-hybridized carbons (Fsp3) is 0.500. The first kappa shape index (κ1) is 8.25. The lowest BCUT2D eigenvalue weighted by molar-refractivity contribution is -0.162. The van der Waals surface area contributed by atoms with Crippen LogP contribution in [-0.2, 0) is 14.3 Å². The third-order valence-electron chi connectivity index (χ3n) is 2.50. The highest BCUT2D eigenvalue weighted by Gasteiger charge is 2.55. The molecular weight excluding hydrogens is 174 g/mol. The molecule has 70 valence electrons. The molecule has 1 amide bonds. The van der Waals surface area contributed by atoms with Gasteiger partial charge in [-0.15, -0.1) is 0 Å². The first-order valence-electron chi connectivity index (χ1n) is 3.92. The second-order valence-electron chi connectivity index (χ2n) is 3.03. The monoisotopic (exact) mass is 183 g/mol. The van der Waals surface area contributed by atoms with Crippen molar-refractivity contribution < 1.29 is 19.4 Å². The summed E-state index contributed by atoms with van der Waals surface area (Å²) in [5.41, 5.74) is 0.473. The molecule has 1 N–H and O–H groups in total. The van der Waals surface area contributed by atoms with Crippen LogP contribution in [0.1, 0.15) is 0 Å². The predicted octanol–water partition coefficient (Wildman–Crippen LogP) is -1.12. The molecule has 0 bridgehead atoms. The number of nitrogens with zero attached hydrogens (tertiary/aromatic N) is 1. The van der Waals surface area contributed by atoms with E-state index in [2.05, 4.69) is 4.74 Å². The molecule has 0 aromatic rings. The van der Waals surface area contributed by atoms with Crippen LogP contribution in [0.5, 0.6) is 0 Å². The van der Waals surface area contributed by atoms with Crippen molar-refractivity contribution in [2.75, 3.05) is 13.8 Å². The lowest BCUT2D eigenvalue weighted by atomic mass is 9.72. The zero-order valence-corrected chi connectivity index (χ0v) is 7.06. The Hall–Kier alpha value is -1.36. The Labute approximate surface area is 74.6 Å². The standard InChI is InChI=1S/C8H9NO4/c1-13-8(12)5-2-4-6(5)9(3-10)7(4)11/h2,4,6,10H,3H2,1H3. The van der Waals surface area contributed by atoms with Crippen molar-refractivity contribution in [3.8, 4) is 0 Å². The third kappa shape index (κ3) is 0.846. The van der Waals surface area contributed by atoms with Crippen LogP contribution in [-0.4, -0.2) is 41.8 Å². The van der Waals surface area contributed by atoms with Gasteiger partial charge in [-0.1, -0.05) is 6.08 Å². The van der Waals surface area contributed by atoms with Crippen LogP contribution in [0.2, 0.25) is 0 Å². The molecule has 0 radical (unpaired) electrons. The van der Waals surface area contributed by atoms with Gasteiger partial charge in [0.25, 0.3) is 0 Å². The number of rotatable bonds is 2. The Morgan fingerprint density at radius 3 is 3.00 bits per heavy atom. The second-order valence-corrected chi connectivity index (χ2v) is 3.03. The fourth-order valence-electron chi connectivity index (χ4n) is 1.74. The maximum Gasteiger partial charge on any atom is 0.335 e. The van der Waals surface area contributed by atoms with Crippen LogP contribution >= 0.6 is 0 Å². The van der Waals surface area contributed by atoms with Crippen molar-refractivity contribution >= 4 is 11.9 Å². The minimum atomic E-state index is -0.424. The number of β-lactam (4-membered cyclic amide) rings is 1. The Bertz CT molecular complexity index is 309. The van der Waals surface area contributed by atoms with Gasteiger partial charge in [0.2, 0.25) is 5.91 Å². The van der Waals surface area contributed by atoms with Crippen molar-refractivity contribution in [3.63, 3.8) is 0 Å². The minimum absolute atomic E-state index is 0.125. The van der Waals surface area contributed by atoms with E-state index in [0.717, 1.165) is 0 Å². The van der Waals surface area contributed by atoms with Crippen LogP contribution in [0, 0.1) is 5.92 Å². The van der Waals surface area contributed by atoms with Crippen LogP contribution < -0.4 is 0 Å². The number of fused-ring (bicyclic) bond motifs is 1. The van der Waals surface area contributed by atoms with Crippen molar-refractivity contribution in [3.05, 3.63) is 11.6 Å². The van der Waals surface area contributed by atoms with Gasteiger partial charge in [-0.3, -0.25) is 4.79 Å². The Morgan fingerprint density at radius 2 is 2.46 bits per heavy atom. The first-order valence-corrected chi connectivity index (χ1v) is 3.92. The second kappa shape index (κ2) is 2.56. The van der Waals surface area contributed by atoms with Crippen LogP contribution in [0.3, 0.4) is 0 Å². The van der Waals surface area contributed by atoms with Gasteiger partial charge >= 0.3 is 5.97 Å². The number of aliphatic hydroxyl groups is 1. The average molecular weight is 183 g/mol. The van der Waals surface area contributed by atoms with E-state index in [1.165, 1.54) is 12.0 Å². The Kier molecular flexibility index (Phi) is 1.63. The molecule has 13 heavy (non-hydrogen) atoms. The van der Waals surface area contributed by atoms with Gasteiger partial charge in [0.15, 0.2) is 0 Å². The summed E-state index contributed by atoms with van der Waals surface area (Å²) < 4.78 is 4.51. The van der Waals surface area contributed by atoms with E-state index in [4.69, 9.17) is 5.11 Å². The largest absolute Gasteiger partial charge is 0.466 e. The molecule has 5 heteroatoms. The number of hydrogen-bond acceptors (Lipinski definition) is 4. The van der Waals surface area contributed by atoms with Crippen LogP contribution in [0.4, 0.5) is 0 Å². The number of carbonyl (C=O) groups excluding carboxylic acids is 2. The van der Waals surface area contributed by atoms with Crippen molar-refractivity contribution in [1.29, 1.82) is 0 Å². The molecule has 2 atom stereocenters. The van der Waals surface area contributed by atoms with Gasteiger partial charge in [-0.2, -0.15) is 0 Å². The molecule has 0 aromatic carbocycles. The highest BCUT2D eigenvalue weighted by Crippen LogP contribution is 2.41. The fourth-order valence-corrected chi connectivity index (χ4v) is 1.74. The van der Waals surface area contributed by atoms with E-state index >= 15 is 0 Å². The van der Waals surface area contributed by atoms with Crippen LogP contribution in [0.25, 0.3) is 0 Å². The number of esters is 1.